The van der Waals surface area contributed by atoms with Gasteiger partial charge >= 0.3 is 5.97 Å². The molecule has 1 atom stereocenters. The number of amides is 2. The van der Waals surface area contributed by atoms with E-state index in [0.717, 1.165) is 0 Å². The van der Waals surface area contributed by atoms with Gasteiger partial charge in [0.2, 0.25) is 11.8 Å². The van der Waals surface area contributed by atoms with Crippen LogP contribution >= 0.6 is 0 Å². The zero-order valence-electron chi connectivity index (χ0n) is 11.5. The molecule has 0 fully saturated rings. The number of likely N-dealkylation sites (N-methyl/N-ethyl adjacent to an activating group) is 1. The van der Waals surface area contributed by atoms with Crippen LogP contribution in [0.2, 0.25) is 0 Å². The molecule has 0 saturated heterocycles. The van der Waals surface area contributed by atoms with Crippen molar-refractivity contribution in [3.8, 4) is 0 Å². The molecule has 0 aliphatic carbocycles. The summed E-state index contributed by atoms with van der Waals surface area (Å²) in [4.78, 5) is 45.8. The quantitative estimate of drug-likeness (QED) is 0.403. The van der Waals surface area contributed by atoms with Crippen LogP contribution in [0.25, 0.3) is 0 Å². The summed E-state index contributed by atoms with van der Waals surface area (Å²) >= 11 is 0. The normalized spacial score (nSPS) is 11.4. The predicted molar refractivity (Wildman–Crippen MR) is 69.3 cm³/mol. The number of carbonyl (C=O) groups excluding carboxylic acids is 4. The van der Waals surface area contributed by atoms with Crippen molar-refractivity contribution in [2.45, 2.75) is 13.0 Å². The van der Waals surface area contributed by atoms with Gasteiger partial charge in [-0.3, -0.25) is 19.2 Å². The first-order valence-corrected chi connectivity index (χ1v) is 5.90. The molecule has 5 N–H and O–H groups in total. The summed E-state index contributed by atoms with van der Waals surface area (Å²) in [5.74, 6) is -1.91. The summed E-state index contributed by atoms with van der Waals surface area (Å²) in [5.41, 5.74) is 10.5. The third kappa shape index (κ3) is 7.44. The first-order valence-electron chi connectivity index (χ1n) is 5.90. The van der Waals surface area contributed by atoms with Gasteiger partial charge in [0.15, 0.2) is 0 Å². The highest BCUT2D eigenvalue weighted by Gasteiger charge is 2.17. The average Bonchev–Trinajstić information content (AvgIpc) is 2.40. The van der Waals surface area contributed by atoms with E-state index < -0.39 is 23.8 Å². The number of esters is 1. The fourth-order valence-electron chi connectivity index (χ4n) is 1.17. The smallest absolute Gasteiger partial charge is 0.319 e. The van der Waals surface area contributed by atoms with Gasteiger partial charge in [0.1, 0.15) is 18.4 Å². The SMILES string of the molecule is CC(=O)CN(C)C(=O)CNC(=O)[C@@H](N)COC(=O)CN. The molecule has 0 rings (SSSR count). The molecule has 114 valence electrons. The Kier molecular flexibility index (Phi) is 8.09. The van der Waals surface area contributed by atoms with Crippen LogP contribution in [-0.4, -0.2) is 67.8 Å². The molecule has 0 bridgehead atoms. The van der Waals surface area contributed by atoms with Gasteiger partial charge in [-0.15, -0.1) is 0 Å². The largest absolute Gasteiger partial charge is 0.463 e. The summed E-state index contributed by atoms with van der Waals surface area (Å²) in [6.07, 6.45) is 0. The van der Waals surface area contributed by atoms with E-state index in [9.17, 15) is 19.2 Å². The summed E-state index contributed by atoms with van der Waals surface area (Å²) in [7, 11) is 1.44. The maximum atomic E-state index is 11.5. The number of hydrogen-bond donors (Lipinski definition) is 3. The van der Waals surface area contributed by atoms with Crippen LogP contribution in [0.4, 0.5) is 0 Å². The van der Waals surface area contributed by atoms with Crippen LogP contribution < -0.4 is 16.8 Å². The molecular weight excluding hydrogens is 268 g/mol. The lowest BCUT2D eigenvalue weighted by Crippen LogP contribution is -2.48. The van der Waals surface area contributed by atoms with Crippen molar-refractivity contribution in [1.29, 1.82) is 0 Å². The summed E-state index contributed by atoms with van der Waals surface area (Å²) in [6.45, 7) is 0.405. The van der Waals surface area contributed by atoms with E-state index in [0.29, 0.717) is 0 Å². The summed E-state index contributed by atoms with van der Waals surface area (Å²) in [6, 6.07) is -1.09. The van der Waals surface area contributed by atoms with Crippen molar-refractivity contribution in [1.82, 2.24) is 10.2 Å². The Morgan fingerprint density at radius 1 is 1.30 bits per heavy atom. The molecule has 0 aliphatic heterocycles. The molecule has 0 radical (unpaired) electrons. The maximum Gasteiger partial charge on any atom is 0.319 e. The van der Waals surface area contributed by atoms with Gasteiger partial charge < -0.3 is 26.4 Å². The third-order valence-electron chi connectivity index (χ3n) is 2.23. The molecule has 0 aromatic rings. The van der Waals surface area contributed by atoms with E-state index >= 15 is 0 Å². The van der Waals surface area contributed by atoms with Gasteiger partial charge in [-0.2, -0.15) is 0 Å². The van der Waals surface area contributed by atoms with Crippen molar-refractivity contribution in [2.75, 3.05) is 33.3 Å². The van der Waals surface area contributed by atoms with Crippen molar-refractivity contribution in [2.24, 2.45) is 11.5 Å². The number of nitrogens with two attached hydrogens (primary N) is 2. The second-order valence-electron chi connectivity index (χ2n) is 4.16. The van der Waals surface area contributed by atoms with Gasteiger partial charge in [0.05, 0.1) is 19.6 Å². The lowest BCUT2D eigenvalue weighted by atomic mass is 10.3. The Labute approximate surface area is 116 Å². The topological polar surface area (TPSA) is 145 Å². The standard InChI is InChI=1S/C11H20N4O5/c1-7(16)5-15(2)9(17)4-14-11(19)8(13)6-20-10(18)3-12/h8H,3-6,12-13H2,1-2H3,(H,14,19)/t8-/m0/s1. The number of nitrogens with zero attached hydrogens (tertiary/aromatic N) is 1. The van der Waals surface area contributed by atoms with E-state index in [2.05, 4.69) is 10.1 Å². The van der Waals surface area contributed by atoms with E-state index in [4.69, 9.17) is 11.5 Å². The first-order chi connectivity index (χ1) is 9.27. The van der Waals surface area contributed by atoms with E-state index in [-0.39, 0.29) is 32.0 Å². The molecule has 0 saturated carbocycles. The average molecular weight is 288 g/mol. The monoisotopic (exact) mass is 288 g/mol. The summed E-state index contributed by atoms with van der Waals surface area (Å²) < 4.78 is 4.59. The van der Waals surface area contributed by atoms with E-state index in [1.165, 1.54) is 18.9 Å². The highest BCUT2D eigenvalue weighted by molar-refractivity contribution is 5.89. The highest BCUT2D eigenvalue weighted by Crippen LogP contribution is 1.87. The van der Waals surface area contributed by atoms with Crippen LogP contribution in [0.5, 0.6) is 0 Å². The minimum atomic E-state index is -1.09. The molecule has 0 aliphatic rings. The van der Waals surface area contributed by atoms with E-state index in [1.54, 1.807) is 0 Å². The van der Waals surface area contributed by atoms with Crippen molar-refractivity contribution < 1.29 is 23.9 Å². The Morgan fingerprint density at radius 3 is 2.40 bits per heavy atom. The number of ether oxygens (including phenoxy) is 1. The number of Topliss-reactive ketones (excluding diaryl/α,β-unsaturated/α-hetero) is 1. The molecule has 0 spiro atoms. The van der Waals surface area contributed by atoms with Crippen LogP contribution in [0.15, 0.2) is 0 Å². The molecule has 2 amide bonds. The Balaban J connectivity index is 4.05. The Bertz CT molecular complexity index is 385. The van der Waals surface area contributed by atoms with Gasteiger partial charge in [0.25, 0.3) is 0 Å². The first kappa shape index (κ1) is 18.0. The minimum Gasteiger partial charge on any atom is -0.463 e. The van der Waals surface area contributed by atoms with Crippen LogP contribution in [0, 0.1) is 0 Å². The third-order valence-corrected chi connectivity index (χ3v) is 2.23. The lowest BCUT2D eigenvalue weighted by molar-refractivity contribution is -0.143. The number of ketones is 1. The van der Waals surface area contributed by atoms with Gasteiger partial charge in [-0.25, -0.2) is 0 Å². The number of carbonyl (C=O) groups is 4. The zero-order chi connectivity index (χ0) is 15.7. The van der Waals surface area contributed by atoms with Crippen molar-refractivity contribution >= 4 is 23.6 Å². The zero-order valence-corrected chi connectivity index (χ0v) is 11.5. The second kappa shape index (κ2) is 8.99. The molecule has 9 heteroatoms. The number of rotatable bonds is 8. The van der Waals surface area contributed by atoms with Gasteiger partial charge in [-0.05, 0) is 6.92 Å². The molecule has 0 aromatic heterocycles. The Morgan fingerprint density at radius 2 is 1.90 bits per heavy atom. The van der Waals surface area contributed by atoms with Crippen molar-refractivity contribution in [3.05, 3.63) is 0 Å². The van der Waals surface area contributed by atoms with E-state index in [1.807, 2.05) is 0 Å². The van der Waals surface area contributed by atoms with Gasteiger partial charge in [-0.1, -0.05) is 0 Å². The molecule has 9 nitrogen and oxygen atoms in total. The molecule has 20 heavy (non-hydrogen) atoms. The van der Waals surface area contributed by atoms with Crippen LogP contribution in [0.3, 0.4) is 0 Å². The minimum absolute atomic E-state index is 0.0329. The maximum absolute atomic E-state index is 11.5. The fraction of sp³-hybridized carbons (Fsp3) is 0.636. The van der Waals surface area contributed by atoms with Crippen LogP contribution in [0.1, 0.15) is 6.92 Å². The molecule has 0 heterocycles. The number of nitrogens with one attached hydrogen (secondary N) is 1. The van der Waals surface area contributed by atoms with Crippen LogP contribution in [-0.2, 0) is 23.9 Å². The highest BCUT2D eigenvalue weighted by atomic mass is 16.5. The summed E-state index contributed by atoms with van der Waals surface area (Å²) in [5, 5.41) is 2.29. The van der Waals surface area contributed by atoms with Gasteiger partial charge in [0, 0.05) is 7.05 Å². The molecular formula is C11H20N4O5. The fourth-order valence-corrected chi connectivity index (χ4v) is 1.17. The molecule has 0 aromatic carbocycles. The second-order valence-corrected chi connectivity index (χ2v) is 4.16. The molecule has 0 unspecified atom stereocenters. The lowest BCUT2D eigenvalue weighted by Gasteiger charge is -2.17. The van der Waals surface area contributed by atoms with Crippen molar-refractivity contribution in [3.63, 3.8) is 0 Å². The Hall–Kier alpha value is -2.00. The predicted octanol–water partition coefficient (Wildman–Crippen LogP) is -3.02. The number of hydrogen-bond acceptors (Lipinski definition) is 7.